The molecular formula is C7H12N2OS. The third-order valence-electron chi connectivity index (χ3n) is 1.55. The molecule has 0 amide bonds. The van der Waals surface area contributed by atoms with Gasteiger partial charge in [-0.15, -0.1) is 0 Å². The summed E-state index contributed by atoms with van der Waals surface area (Å²) in [7, 11) is 1.71. The van der Waals surface area contributed by atoms with Crippen molar-refractivity contribution < 1.29 is 4.74 Å². The van der Waals surface area contributed by atoms with E-state index in [-0.39, 0.29) is 0 Å². The van der Waals surface area contributed by atoms with E-state index in [9.17, 15) is 0 Å². The molecule has 62 valence electrons. The zero-order chi connectivity index (χ0) is 8.10. The van der Waals surface area contributed by atoms with Crippen molar-refractivity contribution in [2.45, 2.75) is 6.42 Å². The molecule has 0 saturated carbocycles. The summed E-state index contributed by atoms with van der Waals surface area (Å²) >= 11 is 4.98. The number of aliphatic imine (C=N–C) groups is 1. The van der Waals surface area contributed by atoms with E-state index in [0.717, 1.165) is 26.1 Å². The molecule has 0 bridgehead atoms. The summed E-state index contributed by atoms with van der Waals surface area (Å²) in [5, 5.41) is 0.709. The highest BCUT2D eigenvalue weighted by molar-refractivity contribution is 7.80. The fraction of sp³-hybridized carbons (Fsp3) is 0.714. The predicted octanol–water partition coefficient (Wildman–Crippen LogP) is 0.694. The van der Waals surface area contributed by atoms with Crippen molar-refractivity contribution >= 4 is 23.5 Å². The van der Waals surface area contributed by atoms with Gasteiger partial charge in [0.05, 0.1) is 6.54 Å². The Morgan fingerprint density at radius 3 is 3.18 bits per heavy atom. The molecule has 11 heavy (non-hydrogen) atoms. The topological polar surface area (TPSA) is 24.8 Å². The maximum Gasteiger partial charge on any atom is 0.195 e. The lowest BCUT2D eigenvalue weighted by atomic mass is 10.4. The fourth-order valence-corrected chi connectivity index (χ4v) is 1.20. The standard InChI is InChI=1S/C7H12N2OS/c1-10-6-2-4-9-5-3-8-7(9)11/h3H,2,4-6H2,1H3. The van der Waals surface area contributed by atoms with Crippen molar-refractivity contribution in [1.82, 2.24) is 4.90 Å². The molecule has 4 heteroatoms. The minimum Gasteiger partial charge on any atom is -0.385 e. The molecule has 0 saturated heterocycles. The SMILES string of the molecule is COCCCN1CC=NC1=S. The van der Waals surface area contributed by atoms with Gasteiger partial charge in [0.25, 0.3) is 0 Å². The van der Waals surface area contributed by atoms with Crippen molar-refractivity contribution in [3.63, 3.8) is 0 Å². The van der Waals surface area contributed by atoms with E-state index in [4.69, 9.17) is 17.0 Å². The Hall–Kier alpha value is -0.480. The van der Waals surface area contributed by atoms with Crippen LogP contribution in [0.25, 0.3) is 0 Å². The predicted molar refractivity (Wildman–Crippen MR) is 49.2 cm³/mol. The second kappa shape index (κ2) is 4.41. The second-order valence-corrected chi connectivity index (χ2v) is 2.75. The number of ether oxygens (including phenoxy) is 1. The smallest absolute Gasteiger partial charge is 0.195 e. The molecule has 0 aromatic carbocycles. The van der Waals surface area contributed by atoms with Gasteiger partial charge in [0.15, 0.2) is 5.11 Å². The third kappa shape index (κ3) is 2.55. The summed E-state index contributed by atoms with van der Waals surface area (Å²) in [6, 6.07) is 0. The molecule has 0 radical (unpaired) electrons. The highest BCUT2D eigenvalue weighted by Crippen LogP contribution is 2.00. The van der Waals surface area contributed by atoms with Crippen LogP contribution in [0.5, 0.6) is 0 Å². The van der Waals surface area contributed by atoms with Crippen LogP contribution in [0.1, 0.15) is 6.42 Å². The Labute approximate surface area is 72.1 Å². The number of hydrogen-bond donors (Lipinski definition) is 0. The number of hydrogen-bond acceptors (Lipinski definition) is 2. The number of rotatable bonds is 4. The minimum absolute atomic E-state index is 0.709. The molecule has 3 nitrogen and oxygen atoms in total. The van der Waals surface area contributed by atoms with Crippen LogP contribution in [-0.4, -0.2) is 43.0 Å². The lowest BCUT2D eigenvalue weighted by molar-refractivity contribution is 0.188. The van der Waals surface area contributed by atoms with Crippen molar-refractivity contribution in [2.24, 2.45) is 4.99 Å². The molecule has 0 atom stereocenters. The van der Waals surface area contributed by atoms with Crippen LogP contribution in [0.4, 0.5) is 0 Å². The zero-order valence-corrected chi connectivity index (χ0v) is 7.43. The molecule has 1 aliphatic heterocycles. The van der Waals surface area contributed by atoms with Gasteiger partial charge in [-0.25, -0.2) is 4.99 Å². The van der Waals surface area contributed by atoms with Crippen LogP contribution in [-0.2, 0) is 4.74 Å². The number of methoxy groups -OCH3 is 1. The summed E-state index contributed by atoms with van der Waals surface area (Å²) in [6.45, 7) is 2.61. The van der Waals surface area contributed by atoms with Crippen molar-refractivity contribution in [1.29, 1.82) is 0 Å². The molecule has 0 aliphatic carbocycles. The van der Waals surface area contributed by atoms with E-state index in [2.05, 4.69) is 9.89 Å². The monoisotopic (exact) mass is 172 g/mol. The average Bonchev–Trinajstić information content (AvgIpc) is 2.37. The number of thiocarbonyl (C=S) groups is 1. The van der Waals surface area contributed by atoms with Crippen LogP contribution >= 0.6 is 12.2 Å². The molecule has 0 aromatic heterocycles. The van der Waals surface area contributed by atoms with Gasteiger partial charge < -0.3 is 9.64 Å². The van der Waals surface area contributed by atoms with Crippen LogP contribution in [0.2, 0.25) is 0 Å². The maximum atomic E-state index is 4.98. The Morgan fingerprint density at radius 1 is 1.82 bits per heavy atom. The quantitative estimate of drug-likeness (QED) is 0.461. The van der Waals surface area contributed by atoms with Gasteiger partial charge in [-0.05, 0) is 18.6 Å². The van der Waals surface area contributed by atoms with Crippen molar-refractivity contribution in [3.8, 4) is 0 Å². The number of nitrogens with zero attached hydrogens (tertiary/aromatic N) is 2. The van der Waals surface area contributed by atoms with Gasteiger partial charge >= 0.3 is 0 Å². The molecule has 0 aromatic rings. The third-order valence-corrected chi connectivity index (χ3v) is 1.91. The van der Waals surface area contributed by atoms with Crippen LogP contribution < -0.4 is 0 Å². The first-order valence-corrected chi connectivity index (χ1v) is 4.06. The molecule has 1 heterocycles. The van der Waals surface area contributed by atoms with E-state index in [1.54, 1.807) is 7.11 Å². The molecule has 0 spiro atoms. The van der Waals surface area contributed by atoms with E-state index in [0.29, 0.717) is 5.11 Å². The normalized spacial score (nSPS) is 16.5. The Balaban J connectivity index is 2.13. The van der Waals surface area contributed by atoms with E-state index in [1.807, 2.05) is 6.21 Å². The summed E-state index contributed by atoms with van der Waals surface area (Å²) in [5.41, 5.74) is 0. The Kier molecular flexibility index (Phi) is 3.45. The van der Waals surface area contributed by atoms with E-state index < -0.39 is 0 Å². The lowest BCUT2D eigenvalue weighted by Crippen LogP contribution is -2.26. The van der Waals surface area contributed by atoms with Gasteiger partial charge in [-0.2, -0.15) is 0 Å². The molecular weight excluding hydrogens is 160 g/mol. The molecule has 1 rings (SSSR count). The fourth-order valence-electron chi connectivity index (χ4n) is 0.964. The van der Waals surface area contributed by atoms with Gasteiger partial charge in [0, 0.05) is 26.5 Å². The summed E-state index contributed by atoms with van der Waals surface area (Å²) in [4.78, 5) is 6.05. The summed E-state index contributed by atoms with van der Waals surface area (Å²) in [5.74, 6) is 0. The minimum atomic E-state index is 0.709. The zero-order valence-electron chi connectivity index (χ0n) is 6.62. The molecule has 0 N–H and O–H groups in total. The maximum absolute atomic E-state index is 4.98. The van der Waals surface area contributed by atoms with Crippen LogP contribution in [0.3, 0.4) is 0 Å². The first kappa shape index (κ1) is 8.62. The Morgan fingerprint density at radius 2 is 2.64 bits per heavy atom. The van der Waals surface area contributed by atoms with Crippen molar-refractivity contribution in [2.75, 3.05) is 26.8 Å². The van der Waals surface area contributed by atoms with Gasteiger partial charge in [-0.1, -0.05) is 0 Å². The Bertz CT molecular complexity index is 170. The first-order valence-electron chi connectivity index (χ1n) is 3.65. The highest BCUT2D eigenvalue weighted by atomic mass is 32.1. The van der Waals surface area contributed by atoms with E-state index in [1.165, 1.54) is 0 Å². The average molecular weight is 172 g/mol. The summed E-state index contributed by atoms with van der Waals surface area (Å²) < 4.78 is 4.93. The van der Waals surface area contributed by atoms with Gasteiger partial charge in [-0.3, -0.25) is 0 Å². The highest BCUT2D eigenvalue weighted by Gasteiger charge is 2.10. The first-order chi connectivity index (χ1) is 5.34. The van der Waals surface area contributed by atoms with Gasteiger partial charge in [0.2, 0.25) is 0 Å². The van der Waals surface area contributed by atoms with Crippen molar-refractivity contribution in [3.05, 3.63) is 0 Å². The largest absolute Gasteiger partial charge is 0.385 e. The van der Waals surface area contributed by atoms with Crippen LogP contribution in [0.15, 0.2) is 4.99 Å². The molecule has 0 unspecified atom stereocenters. The molecule has 0 fully saturated rings. The molecule has 1 aliphatic rings. The lowest BCUT2D eigenvalue weighted by Gasteiger charge is -2.14. The van der Waals surface area contributed by atoms with Gasteiger partial charge in [0.1, 0.15) is 0 Å². The van der Waals surface area contributed by atoms with E-state index >= 15 is 0 Å². The second-order valence-electron chi connectivity index (χ2n) is 2.39. The van der Waals surface area contributed by atoms with Crippen LogP contribution in [0, 0.1) is 0 Å². The summed E-state index contributed by atoms with van der Waals surface area (Å²) in [6.07, 6.45) is 2.86.